The van der Waals surface area contributed by atoms with E-state index in [1.807, 2.05) is 0 Å². The van der Waals surface area contributed by atoms with E-state index >= 15 is 0 Å². The van der Waals surface area contributed by atoms with E-state index in [-0.39, 0.29) is 12.5 Å². The summed E-state index contributed by atoms with van der Waals surface area (Å²) < 4.78 is 43.5. The second kappa shape index (κ2) is 5.14. The maximum absolute atomic E-state index is 12.8. The van der Waals surface area contributed by atoms with Crippen LogP contribution in [0.25, 0.3) is 0 Å². The number of nitrogens with zero attached hydrogens (tertiary/aromatic N) is 1. The molecule has 106 valence electrons. The van der Waals surface area contributed by atoms with Gasteiger partial charge in [0.25, 0.3) is 6.43 Å². The highest BCUT2D eigenvalue weighted by Crippen LogP contribution is 2.41. The number of aliphatic hydroxyl groups is 3. The molecule has 2 heterocycles. The molecule has 5 nitrogen and oxygen atoms in total. The van der Waals surface area contributed by atoms with Crippen LogP contribution >= 0.6 is 11.8 Å². The van der Waals surface area contributed by atoms with Gasteiger partial charge in [-0.05, 0) is 0 Å². The van der Waals surface area contributed by atoms with Crippen molar-refractivity contribution in [3.8, 4) is 0 Å². The lowest BCUT2D eigenvalue weighted by Crippen LogP contribution is -2.65. The van der Waals surface area contributed by atoms with Crippen LogP contribution in [-0.4, -0.2) is 75.2 Å². The minimum Gasteiger partial charge on any atom is -0.389 e. The Bertz CT molecular complexity index is 314. The van der Waals surface area contributed by atoms with Gasteiger partial charge in [0, 0.05) is 0 Å². The van der Waals surface area contributed by atoms with Crippen LogP contribution in [0.3, 0.4) is 0 Å². The Kier molecular flexibility index (Phi) is 4.10. The van der Waals surface area contributed by atoms with Crippen LogP contribution in [0, 0.1) is 0 Å². The molecule has 0 aliphatic carbocycles. The third kappa shape index (κ3) is 2.12. The predicted molar refractivity (Wildman–Crippen MR) is 56.8 cm³/mol. The van der Waals surface area contributed by atoms with Crippen LogP contribution in [0.5, 0.6) is 0 Å². The summed E-state index contributed by atoms with van der Waals surface area (Å²) in [6.45, 7) is -1.79. The first-order valence-corrected chi connectivity index (χ1v) is 6.39. The lowest BCUT2D eigenvalue weighted by Gasteiger charge is -2.43. The zero-order valence-electron chi connectivity index (χ0n) is 9.25. The molecule has 5 unspecified atom stereocenters. The molecular weight excluding hydrogens is 275 g/mol. The van der Waals surface area contributed by atoms with Crippen molar-refractivity contribution in [3.05, 3.63) is 0 Å². The number of alkyl halides is 3. The molecule has 0 aromatic rings. The average Bonchev–Trinajstić information content (AvgIpc) is 2.77. The Labute approximate surface area is 106 Å². The highest BCUT2D eigenvalue weighted by Gasteiger charge is 2.56. The number of rotatable bonds is 3. The standard InChI is InChI=1S/C9H14F3NO4S/c10-2-9(16,8(11)12)13-3-18-7-5(13)6(15)4(14)1-17-7/h4-8,14-16H,1-3H2. The van der Waals surface area contributed by atoms with E-state index in [1.165, 1.54) is 0 Å². The second-order valence-electron chi connectivity index (χ2n) is 4.33. The maximum Gasteiger partial charge on any atom is 0.283 e. The summed E-state index contributed by atoms with van der Waals surface area (Å²) in [5.74, 6) is -0.107. The van der Waals surface area contributed by atoms with Crippen LogP contribution < -0.4 is 0 Å². The molecule has 0 bridgehead atoms. The average molecular weight is 289 g/mol. The number of hydrogen-bond acceptors (Lipinski definition) is 6. The van der Waals surface area contributed by atoms with Crippen molar-refractivity contribution < 1.29 is 33.2 Å². The summed E-state index contributed by atoms with van der Waals surface area (Å²) >= 11 is 1.07. The van der Waals surface area contributed by atoms with Crippen molar-refractivity contribution in [2.45, 2.75) is 35.8 Å². The molecule has 2 saturated heterocycles. The van der Waals surface area contributed by atoms with Gasteiger partial charge in [0.05, 0.1) is 18.5 Å². The Morgan fingerprint density at radius 2 is 2.11 bits per heavy atom. The largest absolute Gasteiger partial charge is 0.389 e. The molecule has 9 heteroatoms. The molecule has 2 fully saturated rings. The fourth-order valence-corrected chi connectivity index (χ4v) is 3.51. The maximum atomic E-state index is 12.8. The molecule has 0 radical (unpaired) electrons. The summed E-state index contributed by atoms with van der Waals surface area (Å²) in [5.41, 5.74) is -3.63. The lowest BCUT2D eigenvalue weighted by atomic mass is 10.0. The molecule has 0 aromatic heterocycles. The van der Waals surface area contributed by atoms with Crippen LogP contribution in [-0.2, 0) is 4.74 Å². The van der Waals surface area contributed by atoms with E-state index in [1.54, 1.807) is 0 Å². The topological polar surface area (TPSA) is 73.2 Å². The summed E-state index contributed by atoms with van der Waals surface area (Å²) in [6.07, 6.45) is -5.93. The highest BCUT2D eigenvalue weighted by atomic mass is 32.2. The van der Waals surface area contributed by atoms with Crippen molar-refractivity contribution in [1.29, 1.82) is 0 Å². The molecule has 18 heavy (non-hydrogen) atoms. The van der Waals surface area contributed by atoms with Gasteiger partial charge < -0.3 is 20.1 Å². The summed E-state index contributed by atoms with van der Waals surface area (Å²) in [6, 6.07) is -1.06. The molecule has 2 aliphatic rings. The zero-order valence-corrected chi connectivity index (χ0v) is 10.1. The van der Waals surface area contributed by atoms with E-state index in [0.29, 0.717) is 0 Å². The molecular formula is C9H14F3NO4S. The number of aliphatic hydroxyl groups excluding tert-OH is 2. The first kappa shape index (κ1) is 14.4. The zero-order chi connectivity index (χ0) is 13.5. The van der Waals surface area contributed by atoms with Crippen LogP contribution in [0.15, 0.2) is 0 Å². The van der Waals surface area contributed by atoms with Gasteiger partial charge in [-0.15, -0.1) is 11.8 Å². The fraction of sp³-hybridized carbons (Fsp3) is 1.00. The Morgan fingerprint density at radius 3 is 2.67 bits per heavy atom. The van der Waals surface area contributed by atoms with E-state index in [4.69, 9.17) is 4.74 Å². The summed E-state index contributed by atoms with van der Waals surface area (Å²) in [5, 5.41) is 28.9. The van der Waals surface area contributed by atoms with Crippen LogP contribution in [0.2, 0.25) is 0 Å². The Hall–Kier alpha value is -0.0600. The van der Waals surface area contributed by atoms with Crippen molar-refractivity contribution in [2.75, 3.05) is 19.2 Å². The molecule has 0 saturated carbocycles. The fourth-order valence-electron chi connectivity index (χ4n) is 2.13. The van der Waals surface area contributed by atoms with Gasteiger partial charge >= 0.3 is 0 Å². The van der Waals surface area contributed by atoms with Crippen molar-refractivity contribution in [2.24, 2.45) is 0 Å². The van der Waals surface area contributed by atoms with E-state index in [2.05, 4.69) is 0 Å². The van der Waals surface area contributed by atoms with Crippen molar-refractivity contribution in [3.63, 3.8) is 0 Å². The van der Waals surface area contributed by atoms with Gasteiger partial charge in [-0.25, -0.2) is 13.2 Å². The molecule has 0 spiro atoms. The molecule has 0 amide bonds. The smallest absolute Gasteiger partial charge is 0.283 e. The highest BCUT2D eigenvalue weighted by molar-refractivity contribution is 8.00. The number of ether oxygens (including phenoxy) is 1. The van der Waals surface area contributed by atoms with Crippen molar-refractivity contribution >= 4 is 11.8 Å². The molecule has 5 atom stereocenters. The third-order valence-electron chi connectivity index (χ3n) is 3.24. The number of fused-ring (bicyclic) bond motifs is 1. The van der Waals surface area contributed by atoms with Gasteiger partial charge in [-0.3, -0.25) is 4.90 Å². The molecule has 0 aromatic carbocycles. The van der Waals surface area contributed by atoms with Gasteiger partial charge in [0.15, 0.2) is 0 Å². The predicted octanol–water partition coefficient (Wildman–Crippen LogP) is -0.637. The quantitative estimate of drug-likeness (QED) is 0.642. The third-order valence-corrected chi connectivity index (χ3v) is 4.41. The first-order chi connectivity index (χ1) is 8.41. The minimum atomic E-state index is -3.33. The van der Waals surface area contributed by atoms with E-state index in [0.717, 1.165) is 16.7 Å². The van der Waals surface area contributed by atoms with Gasteiger partial charge in [0.2, 0.25) is 5.72 Å². The first-order valence-electron chi connectivity index (χ1n) is 5.34. The second-order valence-corrected chi connectivity index (χ2v) is 5.38. The number of thioether (sulfide) groups is 1. The van der Waals surface area contributed by atoms with Crippen LogP contribution in [0.1, 0.15) is 0 Å². The molecule has 3 N–H and O–H groups in total. The van der Waals surface area contributed by atoms with Crippen LogP contribution in [0.4, 0.5) is 13.2 Å². The molecule has 2 aliphatic heterocycles. The van der Waals surface area contributed by atoms with Gasteiger partial charge in [-0.1, -0.05) is 0 Å². The van der Waals surface area contributed by atoms with Gasteiger partial charge in [0.1, 0.15) is 24.3 Å². The lowest BCUT2D eigenvalue weighted by molar-refractivity contribution is -0.239. The minimum absolute atomic E-state index is 0.107. The van der Waals surface area contributed by atoms with E-state index < -0.39 is 42.5 Å². The normalized spacial score (nSPS) is 40.8. The monoisotopic (exact) mass is 289 g/mol. The van der Waals surface area contributed by atoms with Crippen molar-refractivity contribution in [1.82, 2.24) is 4.90 Å². The summed E-state index contributed by atoms with van der Waals surface area (Å²) in [7, 11) is 0. The summed E-state index contributed by atoms with van der Waals surface area (Å²) in [4.78, 5) is 0.764. The van der Waals surface area contributed by atoms with E-state index in [9.17, 15) is 28.5 Å². The SMILES string of the molecule is OC1COC2SCN(C(O)(CF)C(F)F)C2C1O. The number of halogens is 3. The number of hydrogen-bond donors (Lipinski definition) is 3. The Morgan fingerprint density at radius 1 is 1.44 bits per heavy atom. The molecule has 2 rings (SSSR count). The Balaban J connectivity index is 2.24. The van der Waals surface area contributed by atoms with Gasteiger partial charge in [-0.2, -0.15) is 0 Å².